The lowest BCUT2D eigenvalue weighted by Gasteiger charge is -2.09. The molecule has 0 amide bonds. The molecule has 1 aromatic heterocycles. The lowest BCUT2D eigenvalue weighted by molar-refractivity contribution is 0.656. The second-order valence-corrected chi connectivity index (χ2v) is 5.15. The Kier molecular flexibility index (Phi) is 4.73. The van der Waals surface area contributed by atoms with Gasteiger partial charge in [-0.05, 0) is 46.8 Å². The molecule has 0 fully saturated rings. The summed E-state index contributed by atoms with van der Waals surface area (Å²) >= 11 is 5.05. The Morgan fingerprint density at radius 2 is 2.27 bits per heavy atom. The zero-order valence-electron chi connectivity index (χ0n) is 8.92. The molecule has 0 aliphatic heterocycles. The van der Waals surface area contributed by atoms with Gasteiger partial charge in [0.05, 0.1) is 10.2 Å². The molecule has 0 bridgehead atoms. The van der Waals surface area contributed by atoms with Crippen LogP contribution in [-0.4, -0.2) is 16.6 Å². The summed E-state index contributed by atoms with van der Waals surface area (Å²) in [5.41, 5.74) is 7.28. The quantitative estimate of drug-likeness (QED) is 0.866. The van der Waals surface area contributed by atoms with Crippen molar-refractivity contribution in [3.05, 3.63) is 26.6 Å². The van der Waals surface area contributed by atoms with Gasteiger partial charge < -0.3 is 10.3 Å². The summed E-state index contributed by atoms with van der Waals surface area (Å²) in [7, 11) is 0. The number of halogens is 1. The molecule has 1 heterocycles. The number of hydrogen-bond acceptors (Lipinski definition) is 3. The Hall–Kier alpha value is -0.420. The maximum absolute atomic E-state index is 11.8. The number of pyridine rings is 1. The Bertz CT molecular complexity index is 403. The molecule has 0 spiro atoms. The smallest absolute Gasteiger partial charge is 0.265 e. The Morgan fingerprint density at radius 3 is 2.87 bits per heavy atom. The van der Waals surface area contributed by atoms with E-state index in [-0.39, 0.29) is 5.56 Å². The fourth-order valence-corrected chi connectivity index (χ4v) is 2.16. The molecule has 2 N–H and O–H groups in total. The molecule has 0 radical (unpaired) electrons. The van der Waals surface area contributed by atoms with E-state index in [9.17, 15) is 4.79 Å². The number of nitrogens with two attached hydrogens (primary N) is 1. The van der Waals surface area contributed by atoms with Gasteiger partial charge in [-0.3, -0.25) is 4.79 Å². The number of rotatable bonds is 4. The van der Waals surface area contributed by atoms with Crippen LogP contribution in [0.15, 0.2) is 15.5 Å². The third kappa shape index (κ3) is 3.01. The minimum absolute atomic E-state index is 0.00260. The molecular formula is C10H15BrN2OS. The third-order valence-electron chi connectivity index (χ3n) is 2.25. The lowest BCUT2D eigenvalue weighted by atomic mass is 10.2. The van der Waals surface area contributed by atoms with Crippen LogP contribution >= 0.6 is 27.7 Å². The molecule has 0 aliphatic carbocycles. The van der Waals surface area contributed by atoms with Gasteiger partial charge >= 0.3 is 0 Å². The van der Waals surface area contributed by atoms with Crippen LogP contribution < -0.4 is 11.3 Å². The van der Waals surface area contributed by atoms with Gasteiger partial charge in [-0.1, -0.05) is 0 Å². The summed E-state index contributed by atoms with van der Waals surface area (Å²) in [6.45, 7) is 2.57. The minimum atomic E-state index is 0.00260. The molecule has 1 aromatic rings. The first-order valence-corrected chi connectivity index (χ1v) is 6.90. The van der Waals surface area contributed by atoms with Crippen molar-refractivity contribution in [1.82, 2.24) is 4.57 Å². The minimum Gasteiger partial charge on any atom is -0.397 e. The van der Waals surface area contributed by atoms with Gasteiger partial charge in [0.25, 0.3) is 5.56 Å². The summed E-state index contributed by atoms with van der Waals surface area (Å²) in [5, 5.41) is 0. The van der Waals surface area contributed by atoms with Crippen LogP contribution in [0.25, 0.3) is 0 Å². The van der Waals surface area contributed by atoms with Crippen molar-refractivity contribution in [2.45, 2.75) is 19.9 Å². The first-order chi connectivity index (χ1) is 7.07. The van der Waals surface area contributed by atoms with E-state index < -0.39 is 0 Å². The molecule has 0 saturated carbocycles. The number of nitrogen functional groups attached to an aromatic ring is 1. The molecule has 5 heteroatoms. The molecule has 0 aliphatic rings. The van der Waals surface area contributed by atoms with E-state index in [0.29, 0.717) is 10.2 Å². The van der Waals surface area contributed by atoms with Crippen LogP contribution in [-0.2, 0) is 6.54 Å². The van der Waals surface area contributed by atoms with Crippen molar-refractivity contribution in [3.8, 4) is 0 Å². The highest BCUT2D eigenvalue weighted by molar-refractivity contribution is 9.10. The number of hydrogen-bond donors (Lipinski definition) is 1. The van der Waals surface area contributed by atoms with E-state index in [1.54, 1.807) is 22.5 Å². The van der Waals surface area contributed by atoms with Crippen LogP contribution in [0.1, 0.15) is 12.0 Å². The van der Waals surface area contributed by atoms with Crippen molar-refractivity contribution in [3.63, 3.8) is 0 Å². The van der Waals surface area contributed by atoms with Crippen LogP contribution in [0, 0.1) is 6.92 Å². The first kappa shape index (κ1) is 12.6. The number of nitrogens with zero attached hydrogens (tertiary/aromatic N) is 1. The first-order valence-electron chi connectivity index (χ1n) is 4.72. The van der Waals surface area contributed by atoms with E-state index in [0.717, 1.165) is 24.3 Å². The molecule has 84 valence electrons. The van der Waals surface area contributed by atoms with Gasteiger partial charge in [-0.2, -0.15) is 11.8 Å². The van der Waals surface area contributed by atoms with E-state index in [4.69, 9.17) is 5.73 Å². The number of anilines is 1. The maximum atomic E-state index is 11.8. The maximum Gasteiger partial charge on any atom is 0.265 e. The second-order valence-electron chi connectivity index (χ2n) is 3.37. The van der Waals surface area contributed by atoms with Crippen molar-refractivity contribution in [1.29, 1.82) is 0 Å². The van der Waals surface area contributed by atoms with Gasteiger partial charge in [-0.15, -0.1) is 0 Å². The largest absolute Gasteiger partial charge is 0.397 e. The average Bonchev–Trinajstić information content (AvgIpc) is 2.23. The molecule has 0 aromatic carbocycles. The summed E-state index contributed by atoms with van der Waals surface area (Å²) < 4.78 is 2.24. The van der Waals surface area contributed by atoms with Crippen molar-refractivity contribution in [2.75, 3.05) is 17.7 Å². The van der Waals surface area contributed by atoms with Crippen LogP contribution in [0.5, 0.6) is 0 Å². The highest BCUT2D eigenvalue weighted by atomic mass is 79.9. The Morgan fingerprint density at radius 1 is 1.60 bits per heavy atom. The van der Waals surface area contributed by atoms with Crippen LogP contribution in [0.3, 0.4) is 0 Å². The van der Waals surface area contributed by atoms with E-state index >= 15 is 0 Å². The normalized spacial score (nSPS) is 10.6. The Labute approximate surface area is 102 Å². The van der Waals surface area contributed by atoms with Gasteiger partial charge in [0.15, 0.2) is 0 Å². The fourth-order valence-electron chi connectivity index (χ4n) is 1.28. The molecule has 1 rings (SSSR count). The third-order valence-corrected chi connectivity index (χ3v) is 3.88. The van der Waals surface area contributed by atoms with Crippen molar-refractivity contribution < 1.29 is 0 Å². The monoisotopic (exact) mass is 290 g/mol. The molecule has 15 heavy (non-hydrogen) atoms. The predicted molar refractivity (Wildman–Crippen MR) is 70.6 cm³/mol. The SMILES string of the molecule is CSCCCn1cc(N)c(C)c(Br)c1=O. The van der Waals surface area contributed by atoms with Crippen LogP contribution in [0.4, 0.5) is 5.69 Å². The van der Waals surface area contributed by atoms with Gasteiger partial charge in [0.1, 0.15) is 0 Å². The zero-order valence-corrected chi connectivity index (χ0v) is 11.3. The number of aryl methyl sites for hydroxylation is 1. The van der Waals surface area contributed by atoms with Crippen molar-refractivity contribution >= 4 is 33.4 Å². The molecule has 0 unspecified atom stereocenters. The molecule has 3 nitrogen and oxygen atoms in total. The Balaban J connectivity index is 2.94. The van der Waals surface area contributed by atoms with Gasteiger partial charge in [0.2, 0.25) is 0 Å². The lowest BCUT2D eigenvalue weighted by Crippen LogP contribution is -2.22. The summed E-state index contributed by atoms with van der Waals surface area (Å²) in [5.74, 6) is 1.05. The predicted octanol–water partition coefficient (Wildman–Crippen LogP) is 2.25. The molecular weight excluding hydrogens is 276 g/mol. The average molecular weight is 291 g/mol. The van der Waals surface area contributed by atoms with Crippen LogP contribution in [0.2, 0.25) is 0 Å². The highest BCUT2D eigenvalue weighted by Gasteiger charge is 2.07. The zero-order chi connectivity index (χ0) is 11.4. The standard InChI is InChI=1S/C10H15BrN2OS/c1-7-8(12)6-13(4-3-5-15-2)10(14)9(7)11/h6H,3-5,12H2,1-2H3. The highest BCUT2D eigenvalue weighted by Crippen LogP contribution is 2.17. The number of thioether (sulfide) groups is 1. The fraction of sp³-hybridized carbons (Fsp3) is 0.500. The number of aromatic nitrogens is 1. The molecule has 0 atom stereocenters. The van der Waals surface area contributed by atoms with Gasteiger partial charge in [0, 0.05) is 12.7 Å². The summed E-state index contributed by atoms with van der Waals surface area (Å²) in [6, 6.07) is 0. The molecule has 0 saturated heterocycles. The topological polar surface area (TPSA) is 48.0 Å². The second kappa shape index (κ2) is 5.61. The van der Waals surface area contributed by atoms with E-state index in [2.05, 4.69) is 22.2 Å². The van der Waals surface area contributed by atoms with Gasteiger partial charge in [-0.25, -0.2) is 0 Å². The van der Waals surface area contributed by atoms with Crippen molar-refractivity contribution in [2.24, 2.45) is 0 Å². The van der Waals surface area contributed by atoms with E-state index in [1.807, 2.05) is 6.92 Å². The summed E-state index contributed by atoms with van der Waals surface area (Å²) in [4.78, 5) is 11.8. The summed E-state index contributed by atoms with van der Waals surface area (Å²) in [6.07, 6.45) is 4.76. The van der Waals surface area contributed by atoms with E-state index in [1.165, 1.54) is 0 Å².